The zero-order chi connectivity index (χ0) is 9.68. The predicted molar refractivity (Wildman–Crippen MR) is 59.2 cm³/mol. The standard InChI is InChI=1S/C11H20OS/c1-3-5-11(13-2)9-6-4-7-10(12)8-9/h9,11H,3-8H2,1-2H3. The average molecular weight is 200 g/mol. The third-order valence-electron chi connectivity index (χ3n) is 2.92. The van der Waals surface area contributed by atoms with E-state index in [-0.39, 0.29) is 0 Å². The molecule has 2 heteroatoms. The fraction of sp³-hybridized carbons (Fsp3) is 0.909. The highest BCUT2D eigenvalue weighted by molar-refractivity contribution is 7.99. The lowest BCUT2D eigenvalue weighted by Crippen LogP contribution is -2.24. The molecule has 76 valence electrons. The van der Waals surface area contributed by atoms with Crippen LogP contribution in [0.25, 0.3) is 0 Å². The van der Waals surface area contributed by atoms with Gasteiger partial charge in [0.1, 0.15) is 5.78 Å². The number of Topliss-reactive ketones (excluding diaryl/α,β-unsaturated/α-hetero) is 1. The summed E-state index contributed by atoms with van der Waals surface area (Å²) in [6.45, 7) is 2.23. The Kier molecular flexibility index (Phi) is 4.86. The van der Waals surface area contributed by atoms with Crippen molar-refractivity contribution in [2.45, 2.75) is 50.7 Å². The van der Waals surface area contributed by atoms with E-state index in [4.69, 9.17) is 0 Å². The number of carbonyl (C=O) groups excluding carboxylic acids is 1. The lowest BCUT2D eigenvalue weighted by atomic mass is 9.84. The highest BCUT2D eigenvalue weighted by Crippen LogP contribution is 2.32. The van der Waals surface area contributed by atoms with E-state index in [2.05, 4.69) is 13.2 Å². The Hall–Kier alpha value is 0.0200. The van der Waals surface area contributed by atoms with Crippen LogP contribution in [0.15, 0.2) is 0 Å². The van der Waals surface area contributed by atoms with E-state index in [0.29, 0.717) is 11.7 Å². The van der Waals surface area contributed by atoms with Gasteiger partial charge in [0.25, 0.3) is 0 Å². The van der Waals surface area contributed by atoms with E-state index in [9.17, 15) is 4.79 Å². The Morgan fingerprint density at radius 3 is 2.92 bits per heavy atom. The molecule has 0 aromatic rings. The summed E-state index contributed by atoms with van der Waals surface area (Å²) in [6.07, 6.45) is 8.80. The first kappa shape index (κ1) is 11.1. The minimum atomic E-state index is 0.492. The van der Waals surface area contributed by atoms with Crippen LogP contribution < -0.4 is 0 Å². The molecule has 0 radical (unpaired) electrons. The zero-order valence-electron chi connectivity index (χ0n) is 8.71. The van der Waals surface area contributed by atoms with Gasteiger partial charge < -0.3 is 0 Å². The van der Waals surface area contributed by atoms with Gasteiger partial charge in [0.15, 0.2) is 0 Å². The van der Waals surface area contributed by atoms with Gasteiger partial charge in [-0.2, -0.15) is 11.8 Å². The molecule has 0 aliphatic heterocycles. The number of thioether (sulfide) groups is 1. The summed E-state index contributed by atoms with van der Waals surface area (Å²) in [5.74, 6) is 1.17. The maximum atomic E-state index is 11.3. The van der Waals surface area contributed by atoms with Gasteiger partial charge in [-0.25, -0.2) is 0 Å². The molecule has 1 nitrogen and oxygen atoms in total. The Morgan fingerprint density at radius 2 is 2.38 bits per heavy atom. The van der Waals surface area contributed by atoms with Crippen molar-refractivity contribution in [2.24, 2.45) is 5.92 Å². The highest BCUT2D eigenvalue weighted by Gasteiger charge is 2.25. The Morgan fingerprint density at radius 1 is 1.62 bits per heavy atom. The molecule has 0 aromatic carbocycles. The highest BCUT2D eigenvalue weighted by atomic mass is 32.2. The molecule has 0 N–H and O–H groups in total. The second-order valence-corrected chi connectivity index (χ2v) is 5.03. The normalized spacial score (nSPS) is 26.0. The monoisotopic (exact) mass is 200 g/mol. The van der Waals surface area contributed by atoms with Crippen molar-refractivity contribution in [3.8, 4) is 0 Å². The van der Waals surface area contributed by atoms with Crippen molar-refractivity contribution in [3.05, 3.63) is 0 Å². The fourth-order valence-electron chi connectivity index (χ4n) is 2.21. The summed E-state index contributed by atoms with van der Waals surface area (Å²) in [5.41, 5.74) is 0. The smallest absolute Gasteiger partial charge is 0.133 e. The molecule has 0 saturated heterocycles. The second-order valence-electron chi connectivity index (χ2n) is 3.96. The SMILES string of the molecule is CCCC(SC)C1CCCC(=O)C1. The van der Waals surface area contributed by atoms with E-state index in [1.165, 1.54) is 19.3 Å². The second kappa shape index (κ2) is 5.69. The largest absolute Gasteiger partial charge is 0.300 e. The van der Waals surface area contributed by atoms with Crippen LogP contribution in [0.3, 0.4) is 0 Å². The molecule has 13 heavy (non-hydrogen) atoms. The molecule has 1 rings (SSSR count). The molecule has 1 saturated carbocycles. The summed E-state index contributed by atoms with van der Waals surface area (Å²) < 4.78 is 0. The van der Waals surface area contributed by atoms with E-state index in [1.54, 1.807) is 0 Å². The van der Waals surface area contributed by atoms with E-state index >= 15 is 0 Å². The van der Waals surface area contributed by atoms with Crippen molar-refractivity contribution in [1.29, 1.82) is 0 Å². The van der Waals surface area contributed by atoms with Crippen LogP contribution in [0.4, 0.5) is 0 Å². The quantitative estimate of drug-likeness (QED) is 0.693. The van der Waals surface area contributed by atoms with Crippen LogP contribution in [0.1, 0.15) is 45.4 Å². The maximum absolute atomic E-state index is 11.3. The predicted octanol–water partition coefficient (Wildman–Crippen LogP) is 3.28. The minimum absolute atomic E-state index is 0.492. The van der Waals surface area contributed by atoms with Crippen LogP contribution >= 0.6 is 11.8 Å². The topological polar surface area (TPSA) is 17.1 Å². The van der Waals surface area contributed by atoms with E-state index in [1.807, 2.05) is 11.8 Å². The molecule has 1 aliphatic carbocycles. The molecule has 1 fully saturated rings. The van der Waals surface area contributed by atoms with Gasteiger partial charge in [-0.3, -0.25) is 4.79 Å². The number of ketones is 1. The number of rotatable bonds is 4. The summed E-state index contributed by atoms with van der Waals surface area (Å²) in [6, 6.07) is 0. The van der Waals surface area contributed by atoms with Gasteiger partial charge in [0.2, 0.25) is 0 Å². The maximum Gasteiger partial charge on any atom is 0.133 e. The molecule has 2 unspecified atom stereocenters. The van der Waals surface area contributed by atoms with E-state index < -0.39 is 0 Å². The Balaban J connectivity index is 2.42. The Labute approximate surface area is 85.7 Å². The van der Waals surface area contributed by atoms with Crippen LogP contribution in [-0.4, -0.2) is 17.3 Å². The van der Waals surface area contributed by atoms with Crippen LogP contribution in [0, 0.1) is 5.92 Å². The zero-order valence-corrected chi connectivity index (χ0v) is 9.53. The number of hydrogen-bond acceptors (Lipinski definition) is 2. The van der Waals surface area contributed by atoms with Gasteiger partial charge in [0.05, 0.1) is 0 Å². The van der Waals surface area contributed by atoms with Crippen molar-refractivity contribution in [2.75, 3.05) is 6.26 Å². The molecule has 2 atom stereocenters. The molecule has 0 aromatic heterocycles. The lowest BCUT2D eigenvalue weighted by Gasteiger charge is -2.28. The summed E-state index contributed by atoms with van der Waals surface area (Å²) in [7, 11) is 0. The third kappa shape index (κ3) is 3.34. The van der Waals surface area contributed by atoms with Crippen molar-refractivity contribution >= 4 is 17.5 Å². The molecule has 0 spiro atoms. The van der Waals surface area contributed by atoms with Crippen LogP contribution in [0.5, 0.6) is 0 Å². The van der Waals surface area contributed by atoms with Crippen molar-refractivity contribution < 1.29 is 4.79 Å². The van der Waals surface area contributed by atoms with Crippen LogP contribution in [-0.2, 0) is 4.79 Å². The first-order valence-corrected chi connectivity index (χ1v) is 6.61. The van der Waals surface area contributed by atoms with Gasteiger partial charge in [-0.15, -0.1) is 0 Å². The molecule has 0 amide bonds. The third-order valence-corrected chi connectivity index (χ3v) is 4.15. The molecular formula is C11H20OS. The van der Waals surface area contributed by atoms with Crippen molar-refractivity contribution in [1.82, 2.24) is 0 Å². The summed E-state index contributed by atoms with van der Waals surface area (Å²) in [5, 5.41) is 0.731. The van der Waals surface area contributed by atoms with Gasteiger partial charge in [-0.05, 0) is 31.4 Å². The molecular weight excluding hydrogens is 180 g/mol. The minimum Gasteiger partial charge on any atom is -0.300 e. The summed E-state index contributed by atoms with van der Waals surface area (Å²) >= 11 is 1.95. The first-order chi connectivity index (χ1) is 6.27. The Bertz CT molecular complexity index is 167. The van der Waals surface area contributed by atoms with Gasteiger partial charge >= 0.3 is 0 Å². The average Bonchev–Trinajstić information content (AvgIpc) is 2.14. The lowest BCUT2D eigenvalue weighted by molar-refractivity contribution is -0.121. The van der Waals surface area contributed by atoms with Crippen LogP contribution in [0.2, 0.25) is 0 Å². The van der Waals surface area contributed by atoms with Gasteiger partial charge in [0, 0.05) is 18.1 Å². The van der Waals surface area contributed by atoms with Crippen molar-refractivity contribution in [3.63, 3.8) is 0 Å². The summed E-state index contributed by atoms with van der Waals surface area (Å²) in [4.78, 5) is 11.3. The molecule has 1 aliphatic rings. The fourth-order valence-corrected chi connectivity index (χ4v) is 3.29. The number of carbonyl (C=O) groups is 1. The van der Waals surface area contributed by atoms with E-state index in [0.717, 1.165) is 24.5 Å². The molecule has 0 bridgehead atoms. The van der Waals surface area contributed by atoms with Gasteiger partial charge in [-0.1, -0.05) is 13.3 Å². The number of hydrogen-bond donors (Lipinski definition) is 0. The molecule has 0 heterocycles. The first-order valence-electron chi connectivity index (χ1n) is 5.32.